The maximum atomic E-state index is 13.1. The Balaban J connectivity index is 1.49. The Morgan fingerprint density at radius 2 is 2.00 bits per heavy atom. The van der Waals surface area contributed by atoms with Gasteiger partial charge in [0.15, 0.2) is 0 Å². The second-order valence-corrected chi connectivity index (χ2v) is 9.12. The largest absolute Gasteiger partial charge is 0.387 e. The summed E-state index contributed by atoms with van der Waals surface area (Å²) < 4.78 is 0. The number of rotatable bonds is 5. The van der Waals surface area contributed by atoms with Crippen LogP contribution in [-0.2, 0) is 22.7 Å². The first-order chi connectivity index (χ1) is 13.6. The summed E-state index contributed by atoms with van der Waals surface area (Å²) in [5, 5.41) is 13.2. The zero-order valence-electron chi connectivity index (χ0n) is 16.9. The van der Waals surface area contributed by atoms with Gasteiger partial charge in [-0.2, -0.15) is 0 Å². The molecule has 1 unspecified atom stereocenters. The van der Waals surface area contributed by atoms with Crippen LogP contribution in [0, 0.1) is 5.41 Å². The molecule has 1 atom stereocenters. The van der Waals surface area contributed by atoms with Crippen LogP contribution < -0.4 is 11.1 Å². The summed E-state index contributed by atoms with van der Waals surface area (Å²) in [5.41, 5.74) is 7.05. The highest BCUT2D eigenvalue weighted by Gasteiger charge is 2.51. The van der Waals surface area contributed by atoms with E-state index in [9.17, 15) is 19.5 Å². The van der Waals surface area contributed by atoms with Crippen LogP contribution in [0.15, 0.2) is 18.2 Å². The normalized spacial score (nSPS) is 24.3. The van der Waals surface area contributed by atoms with Crippen molar-refractivity contribution in [3.8, 4) is 0 Å². The molecule has 1 aromatic carbocycles. The lowest BCUT2D eigenvalue weighted by atomic mass is 9.70. The molecule has 0 saturated carbocycles. The van der Waals surface area contributed by atoms with Gasteiger partial charge in [-0.05, 0) is 17.5 Å². The molecule has 4 N–H and O–H groups in total. The molecule has 1 aromatic rings. The molecule has 0 aliphatic carbocycles. The summed E-state index contributed by atoms with van der Waals surface area (Å²) in [6.07, 6.45) is 0.597. The molecule has 156 valence electrons. The number of aliphatic hydroxyl groups is 1. The number of β-amino-alcohol motifs (C(OH)–C–C–N with tert-alkyl or cyclic N) is 1. The second kappa shape index (κ2) is 6.90. The molecular weight excluding hydrogens is 372 g/mol. The number of nitrogens with one attached hydrogen (secondary N) is 1. The van der Waals surface area contributed by atoms with Crippen LogP contribution in [0.4, 0.5) is 0 Å². The number of amides is 3. The minimum Gasteiger partial charge on any atom is -0.387 e. The van der Waals surface area contributed by atoms with Crippen molar-refractivity contribution in [2.45, 2.75) is 51.4 Å². The Hall–Kier alpha value is -2.29. The van der Waals surface area contributed by atoms with Gasteiger partial charge >= 0.3 is 0 Å². The molecule has 3 aliphatic rings. The predicted octanol–water partition coefficient (Wildman–Crippen LogP) is -0.0208. The average Bonchev–Trinajstić information content (AvgIpc) is 2.97. The minimum absolute atomic E-state index is 0.164. The summed E-state index contributed by atoms with van der Waals surface area (Å²) in [5.74, 6) is -0.856. The van der Waals surface area contributed by atoms with E-state index in [1.165, 1.54) is 0 Å². The smallest absolute Gasteiger partial charge is 0.255 e. The Morgan fingerprint density at radius 1 is 1.28 bits per heavy atom. The lowest BCUT2D eigenvalue weighted by Gasteiger charge is -2.54. The molecule has 2 saturated heterocycles. The van der Waals surface area contributed by atoms with Crippen LogP contribution in [0.1, 0.15) is 48.2 Å². The Kier molecular flexibility index (Phi) is 4.76. The first-order valence-corrected chi connectivity index (χ1v) is 10.1. The van der Waals surface area contributed by atoms with Crippen molar-refractivity contribution in [2.24, 2.45) is 11.1 Å². The first-order valence-electron chi connectivity index (χ1n) is 10.1. The van der Waals surface area contributed by atoms with Crippen molar-refractivity contribution < 1.29 is 19.5 Å². The molecule has 29 heavy (non-hydrogen) atoms. The van der Waals surface area contributed by atoms with Gasteiger partial charge in [-0.15, -0.1) is 0 Å². The monoisotopic (exact) mass is 400 g/mol. The third-order valence-corrected chi connectivity index (χ3v) is 6.77. The molecule has 0 bridgehead atoms. The summed E-state index contributed by atoms with van der Waals surface area (Å²) >= 11 is 0. The first kappa shape index (κ1) is 20.0. The molecule has 3 heterocycles. The highest BCUT2D eigenvalue weighted by Crippen LogP contribution is 2.39. The molecule has 0 radical (unpaired) electrons. The van der Waals surface area contributed by atoms with Crippen molar-refractivity contribution in [3.05, 3.63) is 34.9 Å². The van der Waals surface area contributed by atoms with Gasteiger partial charge in [0.1, 0.15) is 6.04 Å². The number of benzene rings is 1. The average molecular weight is 400 g/mol. The molecule has 3 amide bonds. The van der Waals surface area contributed by atoms with Gasteiger partial charge < -0.3 is 15.7 Å². The minimum atomic E-state index is -0.831. The number of carbonyl (C=O) groups is 3. The van der Waals surface area contributed by atoms with Crippen molar-refractivity contribution in [1.29, 1.82) is 0 Å². The van der Waals surface area contributed by atoms with E-state index in [0.29, 0.717) is 44.7 Å². The number of piperidine rings is 1. The fourth-order valence-electron chi connectivity index (χ4n) is 4.49. The zero-order chi connectivity index (χ0) is 21.0. The highest BCUT2D eigenvalue weighted by atomic mass is 16.3. The number of carbonyl (C=O) groups excluding carboxylic acids is 3. The van der Waals surface area contributed by atoms with Gasteiger partial charge in [-0.3, -0.25) is 24.6 Å². The standard InChI is InChI=1S/C21H28N4O4/c1-20(2,10-22)21(29)11-24(12-21)8-13-4-3-5-14-9-25(19(28)17(13)14)15-6-7-16(26)23-18(15)27/h3-5,15,29H,6-12,22H2,1-2H3,(H,23,26,27). The van der Waals surface area contributed by atoms with Gasteiger partial charge in [-0.1, -0.05) is 32.0 Å². The molecule has 3 aliphatic heterocycles. The number of nitrogens with zero attached hydrogens (tertiary/aromatic N) is 2. The summed E-state index contributed by atoms with van der Waals surface area (Å²) in [4.78, 5) is 40.5. The number of hydrogen-bond donors (Lipinski definition) is 3. The quantitative estimate of drug-likeness (QED) is 0.598. The SMILES string of the molecule is CC(C)(CN)C1(O)CN(Cc2cccc3c2C(=O)N(C2CCC(=O)NC2=O)C3)C1. The molecule has 0 spiro atoms. The van der Waals surface area contributed by atoms with Crippen LogP contribution in [0.5, 0.6) is 0 Å². The van der Waals surface area contributed by atoms with Crippen LogP contribution >= 0.6 is 0 Å². The van der Waals surface area contributed by atoms with Crippen molar-refractivity contribution in [3.63, 3.8) is 0 Å². The van der Waals surface area contributed by atoms with Gasteiger partial charge in [0.2, 0.25) is 11.8 Å². The Morgan fingerprint density at radius 3 is 2.66 bits per heavy atom. The predicted molar refractivity (Wildman–Crippen MR) is 106 cm³/mol. The number of imide groups is 1. The summed E-state index contributed by atoms with van der Waals surface area (Å²) in [6.45, 7) is 6.27. The van der Waals surface area contributed by atoms with Crippen molar-refractivity contribution in [2.75, 3.05) is 19.6 Å². The molecule has 8 heteroatoms. The van der Waals surface area contributed by atoms with E-state index < -0.39 is 17.6 Å². The van der Waals surface area contributed by atoms with E-state index >= 15 is 0 Å². The number of nitrogens with two attached hydrogens (primary N) is 1. The van der Waals surface area contributed by atoms with Crippen LogP contribution in [-0.4, -0.2) is 63.9 Å². The van der Waals surface area contributed by atoms with E-state index in [1.807, 2.05) is 32.0 Å². The van der Waals surface area contributed by atoms with Crippen LogP contribution in [0.25, 0.3) is 0 Å². The van der Waals surface area contributed by atoms with E-state index in [-0.39, 0.29) is 23.7 Å². The maximum Gasteiger partial charge on any atom is 0.255 e. The maximum absolute atomic E-state index is 13.1. The zero-order valence-corrected chi connectivity index (χ0v) is 16.9. The third-order valence-electron chi connectivity index (χ3n) is 6.77. The Bertz CT molecular complexity index is 875. The fraction of sp³-hybridized carbons (Fsp3) is 0.571. The lowest BCUT2D eigenvalue weighted by Crippen LogP contribution is -2.69. The highest BCUT2D eigenvalue weighted by molar-refractivity contribution is 6.05. The summed E-state index contributed by atoms with van der Waals surface area (Å²) in [7, 11) is 0. The fourth-order valence-corrected chi connectivity index (χ4v) is 4.49. The molecule has 4 rings (SSSR count). The topological polar surface area (TPSA) is 116 Å². The van der Waals surface area contributed by atoms with Crippen LogP contribution in [0.3, 0.4) is 0 Å². The lowest BCUT2D eigenvalue weighted by molar-refractivity contribution is -0.168. The molecular formula is C21H28N4O4. The van der Waals surface area contributed by atoms with E-state index in [0.717, 1.165) is 11.1 Å². The number of hydrogen-bond acceptors (Lipinski definition) is 6. The van der Waals surface area contributed by atoms with Gasteiger partial charge in [0, 0.05) is 50.1 Å². The number of likely N-dealkylation sites (tertiary alicyclic amines) is 1. The van der Waals surface area contributed by atoms with E-state index in [2.05, 4.69) is 10.2 Å². The second-order valence-electron chi connectivity index (χ2n) is 9.12. The van der Waals surface area contributed by atoms with E-state index in [1.54, 1.807) is 4.90 Å². The molecule has 0 aromatic heterocycles. The molecule has 2 fully saturated rings. The van der Waals surface area contributed by atoms with Gasteiger partial charge in [0.05, 0.1) is 5.60 Å². The van der Waals surface area contributed by atoms with Crippen LogP contribution in [0.2, 0.25) is 0 Å². The van der Waals surface area contributed by atoms with Gasteiger partial charge in [0.25, 0.3) is 5.91 Å². The summed E-state index contributed by atoms with van der Waals surface area (Å²) in [6, 6.07) is 5.15. The molecule has 8 nitrogen and oxygen atoms in total. The Labute approximate surface area is 170 Å². The van der Waals surface area contributed by atoms with E-state index in [4.69, 9.17) is 5.73 Å². The van der Waals surface area contributed by atoms with Crippen molar-refractivity contribution in [1.82, 2.24) is 15.1 Å². The third kappa shape index (κ3) is 3.25. The number of fused-ring (bicyclic) bond motifs is 1. The van der Waals surface area contributed by atoms with Gasteiger partial charge in [-0.25, -0.2) is 0 Å². The van der Waals surface area contributed by atoms with Crippen molar-refractivity contribution >= 4 is 17.7 Å².